The molecule has 0 amide bonds. The fourth-order valence-electron chi connectivity index (χ4n) is 6.18. The van der Waals surface area contributed by atoms with Gasteiger partial charge in [-0.2, -0.15) is 0 Å². The first-order valence-electron chi connectivity index (χ1n) is 13.5. The smallest absolute Gasteiger partial charge is 0.122 e. The van der Waals surface area contributed by atoms with Crippen LogP contribution in [0.25, 0.3) is 11.1 Å². The lowest BCUT2D eigenvalue weighted by Crippen LogP contribution is -2.50. The molecular formula is C33H46OSi2. The van der Waals surface area contributed by atoms with E-state index in [1.807, 2.05) is 7.11 Å². The van der Waals surface area contributed by atoms with E-state index in [0.29, 0.717) is 5.54 Å². The molecule has 0 N–H and O–H groups in total. The molecule has 1 aliphatic carbocycles. The standard InChI is InChI=1S/C33H46OSi2/c1-22-20-27(30(34-7)28(21-22)36(11,12)32(2,3)4)33(5,6)26-19-15-18-24-23-16-13-14-17-25(23)31(29(24)26)35(8,9)10/h13-21,31H,1-12H3. The van der Waals surface area contributed by atoms with Gasteiger partial charge < -0.3 is 4.74 Å². The van der Waals surface area contributed by atoms with Crippen LogP contribution in [0.5, 0.6) is 5.75 Å². The Kier molecular flexibility index (Phi) is 6.54. The number of benzene rings is 3. The van der Waals surface area contributed by atoms with Gasteiger partial charge in [-0.15, -0.1) is 0 Å². The fraction of sp³-hybridized carbons (Fsp3) is 0.455. The molecule has 36 heavy (non-hydrogen) atoms. The van der Waals surface area contributed by atoms with E-state index in [2.05, 4.69) is 129 Å². The van der Waals surface area contributed by atoms with E-state index in [1.165, 1.54) is 38.6 Å². The molecule has 1 unspecified atom stereocenters. The molecule has 0 saturated heterocycles. The highest BCUT2D eigenvalue weighted by Gasteiger charge is 2.44. The van der Waals surface area contributed by atoms with Crippen LogP contribution in [-0.2, 0) is 5.41 Å². The van der Waals surface area contributed by atoms with Crippen molar-refractivity contribution >= 4 is 21.3 Å². The Morgan fingerprint density at radius 3 is 1.94 bits per heavy atom. The molecule has 3 heteroatoms. The zero-order valence-corrected chi connectivity index (χ0v) is 26.7. The summed E-state index contributed by atoms with van der Waals surface area (Å²) < 4.78 is 6.34. The largest absolute Gasteiger partial charge is 0.497 e. The first kappa shape index (κ1) is 26.9. The van der Waals surface area contributed by atoms with E-state index in [1.54, 1.807) is 5.56 Å². The highest BCUT2D eigenvalue weighted by atomic mass is 28.3. The van der Waals surface area contributed by atoms with E-state index < -0.39 is 16.1 Å². The van der Waals surface area contributed by atoms with Gasteiger partial charge in [-0.25, -0.2) is 0 Å². The molecule has 0 aliphatic heterocycles. The third-order valence-corrected chi connectivity index (χ3v) is 17.0. The number of methoxy groups -OCH3 is 1. The molecule has 1 nitrogen and oxygen atoms in total. The number of rotatable bonds is 5. The van der Waals surface area contributed by atoms with Crippen molar-refractivity contribution in [3.8, 4) is 16.9 Å². The summed E-state index contributed by atoms with van der Waals surface area (Å²) in [6.45, 7) is 26.8. The lowest BCUT2D eigenvalue weighted by Gasteiger charge is -2.40. The maximum atomic E-state index is 6.34. The molecule has 0 saturated carbocycles. The predicted molar refractivity (Wildman–Crippen MR) is 164 cm³/mol. The number of ether oxygens (including phenoxy) is 1. The summed E-state index contributed by atoms with van der Waals surface area (Å²) in [5, 5.41) is 1.67. The summed E-state index contributed by atoms with van der Waals surface area (Å²) >= 11 is 0. The van der Waals surface area contributed by atoms with Crippen molar-refractivity contribution in [3.05, 3.63) is 82.4 Å². The van der Waals surface area contributed by atoms with Crippen molar-refractivity contribution in [1.82, 2.24) is 0 Å². The van der Waals surface area contributed by atoms with Crippen LogP contribution in [0, 0.1) is 6.92 Å². The Hall–Kier alpha value is -2.11. The number of fused-ring (bicyclic) bond motifs is 3. The quantitative estimate of drug-likeness (QED) is 0.309. The number of hydrogen-bond acceptors (Lipinski definition) is 1. The maximum absolute atomic E-state index is 6.34. The van der Waals surface area contributed by atoms with Crippen LogP contribution < -0.4 is 9.92 Å². The first-order valence-corrected chi connectivity index (χ1v) is 20.0. The van der Waals surface area contributed by atoms with Crippen molar-refractivity contribution in [2.45, 2.75) is 90.3 Å². The lowest BCUT2D eigenvalue weighted by atomic mass is 9.74. The molecule has 1 atom stereocenters. The highest BCUT2D eigenvalue weighted by molar-refractivity contribution is 6.92. The average Bonchev–Trinajstić information content (AvgIpc) is 3.12. The van der Waals surface area contributed by atoms with E-state index in [0.717, 1.165) is 5.75 Å². The van der Waals surface area contributed by atoms with Gasteiger partial charge in [0.2, 0.25) is 0 Å². The van der Waals surface area contributed by atoms with Gasteiger partial charge in [0.1, 0.15) is 5.75 Å². The molecule has 0 fully saturated rings. The lowest BCUT2D eigenvalue weighted by molar-refractivity contribution is 0.403. The van der Waals surface area contributed by atoms with Crippen LogP contribution in [0.1, 0.15) is 68.0 Å². The Morgan fingerprint density at radius 1 is 0.750 bits per heavy atom. The van der Waals surface area contributed by atoms with Crippen LogP contribution in [0.15, 0.2) is 54.6 Å². The van der Waals surface area contributed by atoms with Crippen LogP contribution in [0.4, 0.5) is 0 Å². The molecule has 1 aliphatic rings. The summed E-state index contributed by atoms with van der Waals surface area (Å²) in [4.78, 5) is 0. The topological polar surface area (TPSA) is 9.23 Å². The predicted octanol–water partition coefficient (Wildman–Crippen LogP) is 9.03. The molecule has 0 radical (unpaired) electrons. The van der Waals surface area contributed by atoms with Gasteiger partial charge in [-0.1, -0.05) is 128 Å². The Bertz CT molecular complexity index is 1300. The van der Waals surface area contributed by atoms with Crippen molar-refractivity contribution < 1.29 is 4.74 Å². The Balaban J connectivity index is 2.03. The summed E-state index contributed by atoms with van der Waals surface area (Å²) in [5.74, 6) is 1.11. The van der Waals surface area contributed by atoms with E-state index >= 15 is 0 Å². The average molecular weight is 515 g/mol. The summed E-state index contributed by atoms with van der Waals surface area (Å²) in [7, 11) is -1.51. The highest BCUT2D eigenvalue weighted by Crippen LogP contribution is 2.53. The molecule has 4 rings (SSSR count). The van der Waals surface area contributed by atoms with Crippen molar-refractivity contribution in [3.63, 3.8) is 0 Å². The zero-order chi connectivity index (χ0) is 26.8. The van der Waals surface area contributed by atoms with Crippen molar-refractivity contribution in [2.24, 2.45) is 0 Å². The molecule has 0 spiro atoms. The molecule has 3 aromatic rings. The first-order chi connectivity index (χ1) is 16.5. The van der Waals surface area contributed by atoms with Gasteiger partial charge >= 0.3 is 0 Å². The second-order valence-corrected chi connectivity index (χ2v) is 24.6. The number of hydrogen-bond donors (Lipinski definition) is 0. The van der Waals surface area contributed by atoms with Gasteiger partial charge in [0, 0.05) is 16.5 Å². The summed E-state index contributed by atoms with van der Waals surface area (Å²) in [6.07, 6.45) is 0. The third-order valence-electron chi connectivity index (χ3n) is 9.16. The van der Waals surface area contributed by atoms with Crippen LogP contribution in [0.2, 0.25) is 37.8 Å². The number of aryl methyl sites for hydroxylation is 1. The third kappa shape index (κ3) is 4.13. The van der Waals surface area contributed by atoms with Gasteiger partial charge in [0.25, 0.3) is 0 Å². The molecule has 3 aromatic carbocycles. The van der Waals surface area contributed by atoms with E-state index in [-0.39, 0.29) is 10.5 Å². The van der Waals surface area contributed by atoms with Gasteiger partial charge in [-0.05, 0) is 45.0 Å². The Morgan fingerprint density at radius 2 is 1.36 bits per heavy atom. The van der Waals surface area contributed by atoms with Crippen molar-refractivity contribution in [1.29, 1.82) is 0 Å². The van der Waals surface area contributed by atoms with Crippen LogP contribution in [-0.4, -0.2) is 23.3 Å². The van der Waals surface area contributed by atoms with Gasteiger partial charge in [0.05, 0.1) is 23.3 Å². The second-order valence-electron chi connectivity index (χ2n) is 14.0. The molecule has 192 valence electrons. The fourth-order valence-corrected chi connectivity index (χ4v) is 10.7. The SMILES string of the molecule is COc1c(C(C)(C)c2cccc3c2C([Si](C)(C)C)c2ccccc2-3)cc(C)cc1[Si](C)(C)C(C)(C)C. The maximum Gasteiger partial charge on any atom is 0.122 e. The monoisotopic (exact) mass is 514 g/mol. The van der Waals surface area contributed by atoms with Gasteiger partial charge in [0.15, 0.2) is 0 Å². The molecule has 0 aromatic heterocycles. The van der Waals surface area contributed by atoms with E-state index in [4.69, 9.17) is 4.74 Å². The van der Waals surface area contributed by atoms with Crippen LogP contribution in [0.3, 0.4) is 0 Å². The van der Waals surface area contributed by atoms with E-state index in [9.17, 15) is 0 Å². The van der Waals surface area contributed by atoms with Crippen LogP contribution >= 0.6 is 0 Å². The molecule has 0 heterocycles. The normalized spacial score (nSPS) is 16.1. The summed E-state index contributed by atoms with van der Waals surface area (Å²) in [5.41, 5.74) is 10.3. The van der Waals surface area contributed by atoms with Gasteiger partial charge in [-0.3, -0.25) is 0 Å². The second kappa shape index (κ2) is 8.73. The zero-order valence-electron chi connectivity index (χ0n) is 24.7. The Labute approximate surface area is 222 Å². The minimum atomic E-state index is -1.82. The van der Waals surface area contributed by atoms with Crippen molar-refractivity contribution in [2.75, 3.05) is 7.11 Å². The minimum absolute atomic E-state index is 0.195. The summed E-state index contributed by atoms with van der Waals surface area (Å²) in [6, 6.07) is 20.9. The molecular weight excluding hydrogens is 469 g/mol. The molecule has 0 bridgehead atoms. The minimum Gasteiger partial charge on any atom is -0.497 e.